The van der Waals surface area contributed by atoms with Gasteiger partial charge in [0.2, 0.25) is 0 Å². The van der Waals surface area contributed by atoms with Crippen molar-refractivity contribution in [3.63, 3.8) is 0 Å². The van der Waals surface area contributed by atoms with Gasteiger partial charge in [0.1, 0.15) is 4.58 Å². The number of hydrogen-bond acceptors (Lipinski definition) is 3. The number of rotatable bonds is 2. The fourth-order valence-corrected chi connectivity index (χ4v) is 3.98. The van der Waals surface area contributed by atoms with Crippen LogP contribution in [0, 0.1) is 0 Å². The third-order valence-corrected chi connectivity index (χ3v) is 4.88. The lowest BCUT2D eigenvalue weighted by atomic mass is 10.1. The van der Waals surface area contributed by atoms with E-state index in [0.29, 0.717) is 0 Å². The number of hydrogen-bond donors (Lipinski definition) is 0. The van der Waals surface area contributed by atoms with Gasteiger partial charge in [-0.25, -0.2) is 0 Å². The molecule has 0 spiro atoms. The Kier molecular flexibility index (Phi) is 2.96. The van der Waals surface area contributed by atoms with E-state index in [1.807, 2.05) is 30.3 Å². The molecule has 13 heavy (non-hydrogen) atoms. The molecule has 0 bridgehead atoms. The quantitative estimate of drug-likeness (QED) is 0.699. The summed E-state index contributed by atoms with van der Waals surface area (Å²) in [5.41, 5.74) is 0.842. The van der Waals surface area contributed by atoms with Crippen molar-refractivity contribution in [2.24, 2.45) is 0 Å². The van der Waals surface area contributed by atoms with Crippen molar-refractivity contribution in [1.29, 1.82) is 0 Å². The zero-order valence-corrected chi connectivity index (χ0v) is 8.74. The molecule has 0 unspecified atom stereocenters. The molecular weight excluding hydrogens is 200 g/mol. The monoisotopic (exact) mass is 210 g/mol. The van der Waals surface area contributed by atoms with Crippen LogP contribution in [0.4, 0.5) is 0 Å². The van der Waals surface area contributed by atoms with E-state index < -0.39 is 0 Å². The van der Waals surface area contributed by atoms with E-state index in [2.05, 4.69) is 0 Å². The van der Waals surface area contributed by atoms with Crippen LogP contribution in [0.2, 0.25) is 0 Å². The van der Waals surface area contributed by atoms with Crippen molar-refractivity contribution in [2.75, 3.05) is 11.5 Å². The molecule has 0 atom stereocenters. The Morgan fingerprint density at radius 2 is 1.77 bits per heavy atom. The SMILES string of the molecule is O=C(c1ccccc1)C1SCCS1. The highest BCUT2D eigenvalue weighted by molar-refractivity contribution is 8.21. The number of benzene rings is 1. The number of carbonyl (C=O) groups is 1. The molecule has 1 aromatic rings. The molecular formula is C10H10OS2. The summed E-state index contributed by atoms with van der Waals surface area (Å²) in [4.78, 5) is 11.8. The molecule has 0 aromatic heterocycles. The van der Waals surface area contributed by atoms with Gasteiger partial charge in [-0.3, -0.25) is 4.79 Å². The lowest BCUT2D eigenvalue weighted by Crippen LogP contribution is -2.10. The molecule has 3 heteroatoms. The van der Waals surface area contributed by atoms with Gasteiger partial charge in [-0.1, -0.05) is 30.3 Å². The summed E-state index contributed by atoms with van der Waals surface area (Å²) in [6, 6.07) is 9.55. The van der Waals surface area contributed by atoms with Crippen LogP contribution >= 0.6 is 23.5 Å². The second-order valence-electron chi connectivity index (χ2n) is 2.80. The highest BCUT2D eigenvalue weighted by atomic mass is 32.2. The minimum absolute atomic E-state index is 0.141. The lowest BCUT2D eigenvalue weighted by Gasteiger charge is -2.05. The smallest absolute Gasteiger partial charge is 0.185 e. The molecule has 1 saturated heterocycles. The summed E-state index contributed by atoms with van der Waals surface area (Å²) in [6.45, 7) is 0. The third-order valence-electron chi connectivity index (χ3n) is 1.89. The molecule has 1 heterocycles. The Morgan fingerprint density at radius 3 is 2.38 bits per heavy atom. The predicted molar refractivity (Wildman–Crippen MR) is 59.5 cm³/mol. The van der Waals surface area contributed by atoms with Gasteiger partial charge >= 0.3 is 0 Å². The maximum absolute atomic E-state index is 11.8. The molecule has 68 valence electrons. The summed E-state index contributed by atoms with van der Waals surface area (Å²) in [5.74, 6) is 2.48. The minimum Gasteiger partial charge on any atom is -0.292 e. The van der Waals surface area contributed by atoms with Crippen molar-refractivity contribution >= 4 is 29.3 Å². The molecule has 0 saturated carbocycles. The number of ketones is 1. The van der Waals surface area contributed by atoms with Crippen molar-refractivity contribution < 1.29 is 4.79 Å². The Labute approximate surface area is 86.3 Å². The summed E-state index contributed by atoms with van der Waals surface area (Å²) < 4.78 is 0.141. The van der Waals surface area contributed by atoms with Crippen molar-refractivity contribution in [3.8, 4) is 0 Å². The first kappa shape index (κ1) is 9.16. The first-order valence-corrected chi connectivity index (χ1v) is 6.30. The van der Waals surface area contributed by atoms with E-state index in [0.717, 1.165) is 17.1 Å². The predicted octanol–water partition coefficient (Wildman–Crippen LogP) is 2.68. The summed E-state index contributed by atoms with van der Waals surface area (Å²) >= 11 is 3.52. The molecule has 1 aromatic carbocycles. The number of thioether (sulfide) groups is 2. The maximum atomic E-state index is 11.8. The van der Waals surface area contributed by atoms with E-state index >= 15 is 0 Å². The highest BCUT2D eigenvalue weighted by Gasteiger charge is 2.24. The van der Waals surface area contributed by atoms with Gasteiger partial charge in [-0.2, -0.15) is 0 Å². The Balaban J connectivity index is 2.13. The zero-order chi connectivity index (χ0) is 9.10. The average Bonchev–Trinajstić information content (AvgIpc) is 2.71. The summed E-state index contributed by atoms with van der Waals surface area (Å²) in [5, 5.41) is 0. The first-order valence-electron chi connectivity index (χ1n) is 4.20. The standard InChI is InChI=1S/C10H10OS2/c11-9(10-12-6-7-13-10)8-4-2-1-3-5-8/h1-5,10H,6-7H2. The highest BCUT2D eigenvalue weighted by Crippen LogP contribution is 2.34. The molecule has 1 nitrogen and oxygen atoms in total. The molecule has 1 fully saturated rings. The summed E-state index contributed by atoms with van der Waals surface area (Å²) in [7, 11) is 0. The summed E-state index contributed by atoms with van der Waals surface area (Å²) in [6.07, 6.45) is 0. The van der Waals surface area contributed by atoms with Crippen LogP contribution in [-0.4, -0.2) is 21.9 Å². The Hall–Kier alpha value is -0.410. The molecule has 0 amide bonds. The van der Waals surface area contributed by atoms with Gasteiger partial charge in [0.25, 0.3) is 0 Å². The van der Waals surface area contributed by atoms with E-state index in [9.17, 15) is 4.79 Å². The van der Waals surface area contributed by atoms with Gasteiger partial charge in [-0.15, -0.1) is 23.5 Å². The third kappa shape index (κ3) is 2.09. The van der Waals surface area contributed by atoms with Crippen molar-refractivity contribution in [3.05, 3.63) is 35.9 Å². The van der Waals surface area contributed by atoms with Gasteiger partial charge in [-0.05, 0) is 0 Å². The number of Topliss-reactive ketones (excluding diaryl/α,β-unsaturated/α-hetero) is 1. The van der Waals surface area contributed by atoms with Crippen molar-refractivity contribution in [2.45, 2.75) is 4.58 Å². The average molecular weight is 210 g/mol. The van der Waals surface area contributed by atoms with Crippen LogP contribution in [0.25, 0.3) is 0 Å². The van der Waals surface area contributed by atoms with Crippen LogP contribution < -0.4 is 0 Å². The Morgan fingerprint density at radius 1 is 1.15 bits per heavy atom. The topological polar surface area (TPSA) is 17.1 Å². The second kappa shape index (κ2) is 4.20. The fraction of sp³-hybridized carbons (Fsp3) is 0.300. The molecule has 1 aliphatic heterocycles. The van der Waals surface area contributed by atoms with Crippen LogP contribution in [0.5, 0.6) is 0 Å². The van der Waals surface area contributed by atoms with E-state index in [1.54, 1.807) is 23.5 Å². The zero-order valence-electron chi connectivity index (χ0n) is 7.10. The maximum Gasteiger partial charge on any atom is 0.185 e. The van der Waals surface area contributed by atoms with E-state index in [1.165, 1.54) is 0 Å². The van der Waals surface area contributed by atoms with Crippen LogP contribution in [-0.2, 0) is 0 Å². The molecule has 1 aliphatic rings. The normalized spacial score (nSPS) is 17.5. The fourth-order valence-electron chi connectivity index (χ4n) is 1.25. The van der Waals surface area contributed by atoms with E-state index in [4.69, 9.17) is 0 Å². The van der Waals surface area contributed by atoms with Crippen LogP contribution in [0.15, 0.2) is 30.3 Å². The minimum atomic E-state index is 0.141. The lowest BCUT2D eigenvalue weighted by molar-refractivity contribution is 0.101. The van der Waals surface area contributed by atoms with Gasteiger partial charge in [0, 0.05) is 17.1 Å². The Bertz CT molecular complexity index is 291. The van der Waals surface area contributed by atoms with E-state index in [-0.39, 0.29) is 10.4 Å². The van der Waals surface area contributed by atoms with Gasteiger partial charge in [0.15, 0.2) is 5.78 Å². The molecule has 0 radical (unpaired) electrons. The van der Waals surface area contributed by atoms with Gasteiger partial charge < -0.3 is 0 Å². The number of carbonyl (C=O) groups excluding carboxylic acids is 1. The molecule has 0 aliphatic carbocycles. The molecule has 2 rings (SSSR count). The van der Waals surface area contributed by atoms with Crippen LogP contribution in [0.1, 0.15) is 10.4 Å². The van der Waals surface area contributed by atoms with Crippen molar-refractivity contribution in [1.82, 2.24) is 0 Å². The largest absolute Gasteiger partial charge is 0.292 e. The second-order valence-corrected chi connectivity index (χ2v) is 5.53. The van der Waals surface area contributed by atoms with Gasteiger partial charge in [0.05, 0.1) is 0 Å². The molecule has 0 N–H and O–H groups in total. The van der Waals surface area contributed by atoms with Crippen LogP contribution in [0.3, 0.4) is 0 Å². The first-order chi connectivity index (χ1) is 6.38.